The number of hydrogen-bond acceptors (Lipinski definition) is 6. The van der Waals surface area contributed by atoms with E-state index in [0.29, 0.717) is 32.5 Å². The van der Waals surface area contributed by atoms with Crippen molar-refractivity contribution in [3.63, 3.8) is 0 Å². The second kappa shape index (κ2) is 13.4. The molecule has 2 N–H and O–H groups in total. The summed E-state index contributed by atoms with van der Waals surface area (Å²) < 4.78 is 11.3. The number of nitrogens with one attached hydrogen (secondary N) is 2. The van der Waals surface area contributed by atoms with Gasteiger partial charge in [0.05, 0.1) is 18.8 Å². The highest BCUT2D eigenvalue weighted by Crippen LogP contribution is 2.39. The number of carbonyl (C=O) groups is 4. The molecule has 0 aliphatic carbocycles. The topological polar surface area (TPSA) is 117 Å². The van der Waals surface area contributed by atoms with E-state index in [1.807, 2.05) is 72.5 Å². The van der Waals surface area contributed by atoms with Crippen LogP contribution in [0.1, 0.15) is 59.1 Å². The summed E-state index contributed by atoms with van der Waals surface area (Å²) in [6, 6.07) is 18.6. The number of nitrogens with zero attached hydrogens (tertiary/aromatic N) is 2. The van der Waals surface area contributed by atoms with Crippen molar-refractivity contribution in [2.75, 3.05) is 26.2 Å². The second-order valence-electron chi connectivity index (χ2n) is 13.5. The number of rotatable bonds is 10. The molecule has 4 amide bonds. The molecule has 2 fully saturated rings. The van der Waals surface area contributed by atoms with Crippen molar-refractivity contribution >= 4 is 23.8 Å². The zero-order valence-corrected chi connectivity index (χ0v) is 26.7. The van der Waals surface area contributed by atoms with Crippen molar-refractivity contribution in [3.8, 4) is 0 Å². The van der Waals surface area contributed by atoms with Crippen molar-refractivity contribution in [2.24, 2.45) is 5.92 Å². The van der Waals surface area contributed by atoms with E-state index >= 15 is 0 Å². The Bertz CT molecular complexity index is 1330. The van der Waals surface area contributed by atoms with E-state index < -0.39 is 34.7 Å². The van der Waals surface area contributed by atoms with Crippen LogP contribution in [0.2, 0.25) is 0 Å². The maximum atomic E-state index is 14.2. The van der Waals surface area contributed by atoms with Gasteiger partial charge in [-0.2, -0.15) is 0 Å². The minimum Gasteiger partial charge on any atom is -0.444 e. The van der Waals surface area contributed by atoms with E-state index in [1.54, 1.807) is 39.5 Å². The number of benzene rings is 2. The molecule has 2 aromatic rings. The molecule has 2 aliphatic rings. The summed E-state index contributed by atoms with van der Waals surface area (Å²) in [5.41, 5.74) is -0.619. The Balaban J connectivity index is 1.53. The molecule has 1 unspecified atom stereocenters. The highest BCUT2D eigenvalue weighted by molar-refractivity contribution is 5.94. The van der Waals surface area contributed by atoms with Gasteiger partial charge in [0.25, 0.3) is 0 Å². The van der Waals surface area contributed by atoms with E-state index in [-0.39, 0.29) is 30.9 Å². The number of fused-ring (bicyclic) bond motifs is 1. The SMILES string of the molecule is CC1C[C@]2(Cc3ccccc3)CN(C(=O)[C@@H](COCc3ccccc3)NC(=O)C(C)(C)NC(=O)OC(C)(C)C)CCN2C1=O. The number of alkyl carbamates (subject to hydrolysis) is 1. The summed E-state index contributed by atoms with van der Waals surface area (Å²) in [6.07, 6.45) is 0.529. The lowest BCUT2D eigenvalue weighted by molar-refractivity contribution is -0.147. The minimum absolute atomic E-state index is 0.0663. The third-order valence-electron chi connectivity index (χ3n) is 8.09. The molecule has 3 atom stereocenters. The Kier molecular flexibility index (Phi) is 10.0. The first-order valence-corrected chi connectivity index (χ1v) is 15.3. The lowest BCUT2D eigenvalue weighted by Gasteiger charge is -2.48. The molecule has 4 rings (SSSR count). The number of amides is 4. The lowest BCUT2D eigenvalue weighted by Crippen LogP contribution is -2.66. The summed E-state index contributed by atoms with van der Waals surface area (Å²) in [5.74, 6) is -0.872. The first-order chi connectivity index (χ1) is 20.7. The van der Waals surface area contributed by atoms with E-state index in [9.17, 15) is 19.2 Å². The Morgan fingerprint density at radius 1 is 0.955 bits per heavy atom. The molecule has 2 aliphatic heterocycles. The summed E-state index contributed by atoms with van der Waals surface area (Å²) in [4.78, 5) is 57.0. The van der Waals surface area contributed by atoms with Crippen molar-refractivity contribution < 1.29 is 28.7 Å². The van der Waals surface area contributed by atoms with Crippen molar-refractivity contribution in [2.45, 2.75) is 83.7 Å². The molecule has 2 saturated heterocycles. The van der Waals surface area contributed by atoms with Gasteiger partial charge in [0.1, 0.15) is 17.2 Å². The highest BCUT2D eigenvalue weighted by atomic mass is 16.6. The van der Waals surface area contributed by atoms with E-state index in [1.165, 1.54) is 0 Å². The van der Waals surface area contributed by atoms with Crippen molar-refractivity contribution in [1.82, 2.24) is 20.4 Å². The molecule has 10 heteroatoms. The normalized spacial score (nSPS) is 21.0. The van der Waals surface area contributed by atoms with E-state index in [2.05, 4.69) is 10.6 Å². The van der Waals surface area contributed by atoms with Crippen LogP contribution in [0.4, 0.5) is 4.79 Å². The van der Waals surface area contributed by atoms with Crippen LogP contribution in [0.3, 0.4) is 0 Å². The molecule has 2 heterocycles. The quantitative estimate of drug-likeness (QED) is 0.426. The second-order valence-corrected chi connectivity index (χ2v) is 13.5. The fraction of sp³-hybridized carbons (Fsp3) is 0.529. The molecule has 0 bridgehead atoms. The van der Waals surface area contributed by atoms with Gasteiger partial charge in [-0.1, -0.05) is 67.6 Å². The maximum absolute atomic E-state index is 14.2. The van der Waals surface area contributed by atoms with Gasteiger partial charge in [0.2, 0.25) is 17.7 Å². The third-order valence-corrected chi connectivity index (χ3v) is 8.09. The molecule has 0 aromatic heterocycles. The number of piperazine rings is 1. The Hall–Kier alpha value is -3.92. The number of ether oxygens (including phenoxy) is 2. The fourth-order valence-corrected chi connectivity index (χ4v) is 6.03. The van der Waals surface area contributed by atoms with Gasteiger partial charge in [-0.05, 0) is 58.6 Å². The predicted octanol–water partition coefficient (Wildman–Crippen LogP) is 3.68. The maximum Gasteiger partial charge on any atom is 0.408 e. The largest absolute Gasteiger partial charge is 0.444 e. The fourth-order valence-electron chi connectivity index (χ4n) is 6.03. The summed E-state index contributed by atoms with van der Waals surface area (Å²) >= 11 is 0. The van der Waals surface area contributed by atoms with Gasteiger partial charge in [-0.25, -0.2) is 4.79 Å². The predicted molar refractivity (Wildman–Crippen MR) is 166 cm³/mol. The Morgan fingerprint density at radius 3 is 2.18 bits per heavy atom. The monoisotopic (exact) mass is 606 g/mol. The molecule has 0 spiro atoms. The van der Waals surface area contributed by atoms with Crippen molar-refractivity contribution in [3.05, 3.63) is 71.8 Å². The van der Waals surface area contributed by atoms with E-state index in [0.717, 1.165) is 11.1 Å². The van der Waals surface area contributed by atoms with Crippen LogP contribution in [0.15, 0.2) is 60.7 Å². The van der Waals surface area contributed by atoms with Gasteiger partial charge >= 0.3 is 6.09 Å². The van der Waals surface area contributed by atoms with E-state index in [4.69, 9.17) is 9.47 Å². The molecule has 10 nitrogen and oxygen atoms in total. The van der Waals surface area contributed by atoms with Gasteiger partial charge < -0.3 is 29.9 Å². The van der Waals surface area contributed by atoms with Gasteiger partial charge in [0, 0.05) is 25.6 Å². The number of carbonyl (C=O) groups excluding carboxylic acids is 4. The van der Waals surface area contributed by atoms with Crippen LogP contribution in [0, 0.1) is 5.92 Å². The number of hydrogen-bond donors (Lipinski definition) is 2. The summed E-state index contributed by atoms with van der Waals surface area (Å²) in [5, 5.41) is 5.45. The first kappa shape index (κ1) is 33.0. The molecule has 0 radical (unpaired) electrons. The Labute approximate surface area is 260 Å². The molecular weight excluding hydrogens is 560 g/mol. The molecule has 238 valence electrons. The van der Waals surface area contributed by atoms with Gasteiger partial charge in [-0.3, -0.25) is 14.4 Å². The first-order valence-electron chi connectivity index (χ1n) is 15.3. The smallest absolute Gasteiger partial charge is 0.408 e. The van der Waals surface area contributed by atoms with Crippen LogP contribution >= 0.6 is 0 Å². The third kappa shape index (κ3) is 8.16. The van der Waals surface area contributed by atoms with Crippen LogP contribution in [-0.4, -0.2) is 82.6 Å². The molecule has 2 aromatic carbocycles. The van der Waals surface area contributed by atoms with Crippen molar-refractivity contribution in [1.29, 1.82) is 0 Å². The summed E-state index contributed by atoms with van der Waals surface area (Å²) in [7, 11) is 0. The van der Waals surface area contributed by atoms with Crippen LogP contribution in [0.5, 0.6) is 0 Å². The van der Waals surface area contributed by atoms with Crippen LogP contribution < -0.4 is 10.6 Å². The molecule has 0 saturated carbocycles. The van der Waals surface area contributed by atoms with Crippen LogP contribution in [0.25, 0.3) is 0 Å². The Morgan fingerprint density at radius 2 is 1.57 bits per heavy atom. The molecular formula is C34H46N4O6. The zero-order valence-electron chi connectivity index (χ0n) is 26.7. The zero-order chi connectivity index (χ0) is 32.1. The van der Waals surface area contributed by atoms with Crippen LogP contribution in [-0.2, 0) is 36.9 Å². The average Bonchev–Trinajstić information content (AvgIpc) is 3.20. The standard InChI is InChI=1S/C34H46N4O6/c1-24-19-34(20-25-13-9-7-10-14-25)23-37(17-18-38(34)28(24)39)29(40)27(22-43-21-26-15-11-8-12-16-26)35-30(41)33(5,6)36-31(42)44-32(2,3)4/h7-16,24,27H,17-23H2,1-6H3,(H,35,41)(H,36,42)/t24?,27-,34+/m1/s1. The summed E-state index contributed by atoms with van der Waals surface area (Å²) in [6.45, 7) is 11.6. The van der Waals surface area contributed by atoms with Gasteiger partial charge in [-0.15, -0.1) is 0 Å². The van der Waals surface area contributed by atoms with Gasteiger partial charge in [0.15, 0.2) is 0 Å². The molecule has 44 heavy (non-hydrogen) atoms. The minimum atomic E-state index is -1.37. The lowest BCUT2D eigenvalue weighted by atomic mass is 9.84. The highest BCUT2D eigenvalue weighted by Gasteiger charge is 2.53. The average molecular weight is 607 g/mol.